The summed E-state index contributed by atoms with van der Waals surface area (Å²) in [5.74, 6) is -0.662. The zero-order valence-corrected chi connectivity index (χ0v) is 15.4. The molecule has 0 aliphatic carbocycles. The SMILES string of the molecule is COC(=O)c1ccc(Oc2ncnc(N(CCC#N)CCC#N)c2[N+](=O)[O-])cc1. The number of nitro groups is 1. The summed E-state index contributed by atoms with van der Waals surface area (Å²) in [7, 11) is 1.25. The number of esters is 1. The van der Waals surface area contributed by atoms with Crippen molar-refractivity contribution < 1.29 is 19.2 Å². The molecule has 0 bridgehead atoms. The number of ether oxygens (including phenoxy) is 2. The first-order valence-electron chi connectivity index (χ1n) is 8.36. The van der Waals surface area contributed by atoms with Crippen LogP contribution in [0.5, 0.6) is 11.6 Å². The van der Waals surface area contributed by atoms with E-state index in [4.69, 9.17) is 15.3 Å². The van der Waals surface area contributed by atoms with E-state index in [1.807, 2.05) is 12.1 Å². The molecule has 11 heteroatoms. The molecule has 1 heterocycles. The Balaban J connectivity index is 2.39. The van der Waals surface area contributed by atoms with E-state index in [0.29, 0.717) is 0 Å². The lowest BCUT2D eigenvalue weighted by Gasteiger charge is -2.21. The fourth-order valence-electron chi connectivity index (χ4n) is 2.40. The molecule has 0 unspecified atom stereocenters. The molecule has 0 saturated heterocycles. The molecule has 0 aliphatic heterocycles. The summed E-state index contributed by atoms with van der Waals surface area (Å²) in [6.45, 7) is 0.312. The van der Waals surface area contributed by atoms with E-state index in [9.17, 15) is 14.9 Å². The molecule has 0 atom stereocenters. The van der Waals surface area contributed by atoms with Crippen LogP contribution in [0.3, 0.4) is 0 Å². The molecule has 1 aromatic heterocycles. The van der Waals surface area contributed by atoms with Crippen molar-refractivity contribution in [2.24, 2.45) is 0 Å². The van der Waals surface area contributed by atoms with Gasteiger partial charge in [-0.15, -0.1) is 0 Å². The second-order valence-corrected chi connectivity index (χ2v) is 5.53. The van der Waals surface area contributed by atoms with Gasteiger partial charge in [-0.05, 0) is 24.3 Å². The summed E-state index contributed by atoms with van der Waals surface area (Å²) < 4.78 is 10.1. The molecule has 0 fully saturated rings. The summed E-state index contributed by atoms with van der Waals surface area (Å²) >= 11 is 0. The highest BCUT2D eigenvalue weighted by Crippen LogP contribution is 2.36. The smallest absolute Gasteiger partial charge is 0.373 e. The normalized spacial score (nSPS) is 9.76. The average Bonchev–Trinajstić information content (AvgIpc) is 2.73. The van der Waals surface area contributed by atoms with Gasteiger partial charge >= 0.3 is 17.5 Å². The van der Waals surface area contributed by atoms with Crippen LogP contribution in [0.4, 0.5) is 11.5 Å². The van der Waals surface area contributed by atoms with Gasteiger partial charge in [0.05, 0.1) is 42.6 Å². The van der Waals surface area contributed by atoms with Crippen molar-refractivity contribution in [3.63, 3.8) is 0 Å². The van der Waals surface area contributed by atoms with Crippen LogP contribution in [0.25, 0.3) is 0 Å². The van der Waals surface area contributed by atoms with Gasteiger partial charge in [-0.3, -0.25) is 10.1 Å². The second-order valence-electron chi connectivity index (χ2n) is 5.53. The molecule has 11 nitrogen and oxygen atoms in total. The van der Waals surface area contributed by atoms with Gasteiger partial charge in [-0.1, -0.05) is 0 Å². The van der Waals surface area contributed by atoms with Crippen molar-refractivity contribution in [1.82, 2.24) is 9.97 Å². The maximum atomic E-state index is 11.7. The first-order chi connectivity index (χ1) is 14.0. The van der Waals surface area contributed by atoms with Gasteiger partial charge in [0.15, 0.2) is 0 Å². The van der Waals surface area contributed by atoms with Crippen molar-refractivity contribution in [3.05, 3.63) is 46.3 Å². The minimum absolute atomic E-state index is 0.0447. The van der Waals surface area contributed by atoms with Crippen LogP contribution in [0.15, 0.2) is 30.6 Å². The summed E-state index contributed by atoms with van der Waals surface area (Å²) in [4.78, 5) is 31.8. The molecule has 0 amide bonds. The predicted octanol–water partition coefficient (Wildman–Crippen LogP) is 2.60. The number of nitriles is 2. The van der Waals surface area contributed by atoms with Gasteiger partial charge in [-0.2, -0.15) is 15.5 Å². The first kappa shape index (κ1) is 21.1. The van der Waals surface area contributed by atoms with Gasteiger partial charge < -0.3 is 14.4 Å². The Bertz CT molecular complexity index is 946. The van der Waals surface area contributed by atoms with E-state index in [1.54, 1.807) is 0 Å². The zero-order chi connectivity index (χ0) is 21.2. The Morgan fingerprint density at radius 1 is 1.17 bits per heavy atom. The van der Waals surface area contributed by atoms with E-state index in [2.05, 4.69) is 14.7 Å². The van der Waals surface area contributed by atoms with Crippen molar-refractivity contribution >= 4 is 17.5 Å². The number of hydrogen-bond donors (Lipinski definition) is 0. The Kier molecular flexibility index (Phi) is 7.39. The molecule has 0 N–H and O–H groups in total. The van der Waals surface area contributed by atoms with Crippen LogP contribution in [-0.4, -0.2) is 41.1 Å². The molecular weight excluding hydrogens is 380 g/mol. The highest BCUT2D eigenvalue weighted by atomic mass is 16.6. The van der Waals surface area contributed by atoms with E-state index in [1.165, 1.54) is 36.3 Å². The number of benzene rings is 1. The number of aromatic nitrogens is 2. The fraction of sp³-hybridized carbons (Fsp3) is 0.278. The largest absolute Gasteiger partial charge is 0.465 e. The van der Waals surface area contributed by atoms with E-state index in [0.717, 1.165) is 6.33 Å². The number of rotatable bonds is 9. The second kappa shape index (κ2) is 10.2. The van der Waals surface area contributed by atoms with Crippen molar-refractivity contribution in [2.45, 2.75) is 12.8 Å². The lowest BCUT2D eigenvalue weighted by atomic mass is 10.2. The lowest BCUT2D eigenvalue weighted by molar-refractivity contribution is -0.385. The molecular formula is C18H16N6O5. The summed E-state index contributed by atoms with van der Waals surface area (Å²) in [5.41, 5.74) is -0.197. The number of anilines is 1. The zero-order valence-electron chi connectivity index (χ0n) is 15.4. The van der Waals surface area contributed by atoms with Crippen LogP contribution in [0.1, 0.15) is 23.2 Å². The van der Waals surface area contributed by atoms with E-state index in [-0.39, 0.29) is 48.9 Å². The Morgan fingerprint density at radius 3 is 2.31 bits per heavy atom. The number of nitrogens with zero attached hydrogens (tertiary/aromatic N) is 6. The highest BCUT2D eigenvalue weighted by Gasteiger charge is 2.28. The monoisotopic (exact) mass is 396 g/mol. The molecule has 0 spiro atoms. The first-order valence-corrected chi connectivity index (χ1v) is 8.36. The molecule has 0 radical (unpaired) electrons. The third-order valence-corrected chi connectivity index (χ3v) is 3.73. The predicted molar refractivity (Wildman–Crippen MR) is 99.2 cm³/mol. The van der Waals surface area contributed by atoms with Crippen molar-refractivity contribution in [1.29, 1.82) is 10.5 Å². The number of carbonyl (C=O) groups is 1. The average molecular weight is 396 g/mol. The van der Waals surface area contributed by atoms with Gasteiger partial charge in [0.2, 0.25) is 5.82 Å². The van der Waals surface area contributed by atoms with Gasteiger partial charge in [-0.25, -0.2) is 9.78 Å². The van der Waals surface area contributed by atoms with Crippen LogP contribution in [0.2, 0.25) is 0 Å². The Morgan fingerprint density at radius 2 is 1.79 bits per heavy atom. The van der Waals surface area contributed by atoms with Crippen molar-refractivity contribution in [2.75, 3.05) is 25.1 Å². The Hall–Kier alpha value is -4.25. The third-order valence-electron chi connectivity index (χ3n) is 3.73. The molecule has 1 aromatic carbocycles. The molecule has 2 aromatic rings. The number of methoxy groups -OCH3 is 1. The van der Waals surface area contributed by atoms with Crippen molar-refractivity contribution in [3.8, 4) is 23.8 Å². The lowest BCUT2D eigenvalue weighted by Crippen LogP contribution is -2.27. The number of hydrogen-bond acceptors (Lipinski definition) is 10. The van der Waals surface area contributed by atoms with Gasteiger partial charge in [0, 0.05) is 13.1 Å². The standard InChI is InChI=1S/C18H16N6O5/c1-28-18(25)13-4-6-14(7-5-13)29-17-15(24(26)27)16(21-12-22-17)23(10-2-8-19)11-3-9-20/h4-7,12H,2-3,10-11H2,1H3. The Labute approximate surface area is 165 Å². The molecule has 148 valence electrons. The quantitative estimate of drug-likeness (QED) is 0.350. The highest BCUT2D eigenvalue weighted by molar-refractivity contribution is 5.89. The fourth-order valence-corrected chi connectivity index (χ4v) is 2.40. The van der Waals surface area contributed by atoms with Crippen LogP contribution >= 0.6 is 0 Å². The topological polar surface area (TPSA) is 155 Å². The summed E-state index contributed by atoms with van der Waals surface area (Å²) in [6.07, 6.45) is 1.29. The number of carbonyl (C=O) groups excluding carboxylic acids is 1. The van der Waals surface area contributed by atoms with Crippen LogP contribution < -0.4 is 9.64 Å². The maximum Gasteiger partial charge on any atom is 0.373 e. The molecule has 0 aliphatic rings. The van der Waals surface area contributed by atoms with Gasteiger partial charge in [0.25, 0.3) is 0 Å². The molecule has 29 heavy (non-hydrogen) atoms. The summed E-state index contributed by atoms with van der Waals surface area (Å²) in [5, 5.41) is 29.4. The molecule has 2 rings (SSSR count). The van der Waals surface area contributed by atoms with Gasteiger partial charge in [0.1, 0.15) is 12.1 Å². The van der Waals surface area contributed by atoms with E-state index >= 15 is 0 Å². The third kappa shape index (κ3) is 5.37. The molecule has 0 saturated carbocycles. The maximum absolute atomic E-state index is 11.7. The van der Waals surface area contributed by atoms with Crippen LogP contribution in [0, 0.1) is 32.8 Å². The summed E-state index contributed by atoms with van der Waals surface area (Å²) in [6, 6.07) is 9.70. The minimum Gasteiger partial charge on any atom is -0.465 e. The van der Waals surface area contributed by atoms with E-state index < -0.39 is 16.6 Å². The van der Waals surface area contributed by atoms with Crippen LogP contribution in [-0.2, 0) is 4.74 Å². The minimum atomic E-state index is -0.681.